The van der Waals surface area contributed by atoms with Gasteiger partial charge in [0.05, 0.1) is 5.69 Å². The monoisotopic (exact) mass is 616 g/mol. The van der Waals surface area contributed by atoms with Crippen LogP contribution in [0.3, 0.4) is 0 Å². The van der Waals surface area contributed by atoms with E-state index in [-0.39, 0.29) is 11.3 Å². The molecule has 1 aliphatic heterocycles. The number of rotatable bonds is 4. The normalized spacial score (nSPS) is 17.0. The van der Waals surface area contributed by atoms with Crippen molar-refractivity contribution in [1.82, 2.24) is 4.98 Å². The molecule has 2 nitrogen and oxygen atoms in total. The Kier molecular flexibility index (Phi) is 6.65. The number of para-hydroxylation sites is 1. The summed E-state index contributed by atoms with van der Waals surface area (Å²) in [6.45, 7) is 4.72. The van der Waals surface area contributed by atoms with E-state index in [9.17, 15) is 0 Å². The molecule has 3 aliphatic rings. The molecular weight excluding hydrogens is 581 g/mol. The van der Waals surface area contributed by atoms with Crippen molar-refractivity contribution in [2.45, 2.75) is 31.6 Å². The number of hydrogen-bond donors (Lipinski definition) is 0. The first-order chi connectivity index (χ1) is 23.6. The van der Waals surface area contributed by atoms with Gasteiger partial charge >= 0.3 is 0 Å². The molecule has 9 rings (SSSR count). The van der Waals surface area contributed by atoms with Crippen LogP contribution in [0.15, 0.2) is 170 Å². The Labute approximate surface area is 283 Å². The molecule has 6 aromatic rings. The third-order valence-electron chi connectivity index (χ3n) is 10.4. The maximum atomic E-state index is 5.07. The Morgan fingerprint density at radius 3 is 2.17 bits per heavy atom. The molecule has 0 saturated carbocycles. The van der Waals surface area contributed by atoms with Gasteiger partial charge in [-0.15, -0.1) is 0 Å². The molecule has 230 valence electrons. The molecule has 0 fully saturated rings. The maximum Gasteiger partial charge on any atom is 0.142 e. The highest BCUT2D eigenvalue weighted by molar-refractivity contribution is 5.92. The van der Waals surface area contributed by atoms with Crippen LogP contribution in [0.2, 0.25) is 0 Å². The minimum absolute atomic E-state index is 0.278. The Morgan fingerprint density at radius 1 is 0.667 bits per heavy atom. The van der Waals surface area contributed by atoms with Gasteiger partial charge < -0.3 is 0 Å². The number of pyridine rings is 1. The molecule has 1 aromatic heterocycles. The first-order valence-corrected chi connectivity index (χ1v) is 16.9. The van der Waals surface area contributed by atoms with Gasteiger partial charge in [0.1, 0.15) is 5.82 Å². The summed E-state index contributed by atoms with van der Waals surface area (Å²) in [5.74, 6) is 1.27. The van der Waals surface area contributed by atoms with Crippen LogP contribution in [-0.2, 0) is 5.41 Å². The Balaban J connectivity index is 1.22. The molecule has 48 heavy (non-hydrogen) atoms. The number of anilines is 3. The van der Waals surface area contributed by atoms with E-state index in [2.05, 4.69) is 177 Å². The number of fused-ring (bicyclic) bond motifs is 4. The van der Waals surface area contributed by atoms with E-state index < -0.39 is 0 Å². The zero-order valence-corrected chi connectivity index (χ0v) is 27.3. The fourth-order valence-corrected chi connectivity index (χ4v) is 8.21. The number of nitrogens with zero attached hydrogens (tertiary/aromatic N) is 2. The van der Waals surface area contributed by atoms with Gasteiger partial charge in [0.25, 0.3) is 0 Å². The predicted octanol–water partition coefficient (Wildman–Crippen LogP) is 11.9. The molecule has 2 heteroatoms. The zero-order valence-electron chi connectivity index (χ0n) is 27.3. The van der Waals surface area contributed by atoms with Crippen LogP contribution in [0.25, 0.3) is 27.8 Å². The largest absolute Gasteiger partial charge is 0.294 e. The molecule has 5 aromatic carbocycles. The van der Waals surface area contributed by atoms with E-state index >= 15 is 0 Å². The lowest BCUT2D eigenvalue weighted by molar-refractivity contribution is 0.629. The van der Waals surface area contributed by atoms with Crippen molar-refractivity contribution in [2.24, 2.45) is 0 Å². The van der Waals surface area contributed by atoms with Gasteiger partial charge in [-0.1, -0.05) is 135 Å². The zero-order chi connectivity index (χ0) is 32.2. The number of aromatic nitrogens is 1. The quantitative estimate of drug-likeness (QED) is 0.196. The van der Waals surface area contributed by atoms with Crippen molar-refractivity contribution >= 4 is 22.8 Å². The molecule has 0 radical (unpaired) electrons. The Morgan fingerprint density at radius 2 is 1.38 bits per heavy atom. The van der Waals surface area contributed by atoms with E-state index in [0.717, 1.165) is 17.9 Å². The van der Waals surface area contributed by atoms with E-state index in [4.69, 9.17) is 4.98 Å². The molecule has 1 unspecified atom stereocenters. The fraction of sp³-hybridized carbons (Fsp3) is 0.109. The van der Waals surface area contributed by atoms with Crippen molar-refractivity contribution in [3.05, 3.63) is 197 Å². The summed E-state index contributed by atoms with van der Waals surface area (Å²) in [4.78, 5) is 7.41. The molecule has 1 atom stereocenters. The van der Waals surface area contributed by atoms with Crippen molar-refractivity contribution in [3.8, 4) is 22.3 Å². The SMILES string of the molecule is CC1(C)c2cc(-c3ccc4c(c3)C3=C(CC=CC=C3)C4c3ccccc3)ccc2N(c2ccccc2)c2nccc(-c3ccccc3)c21. The summed E-state index contributed by atoms with van der Waals surface area (Å²) in [6, 6.07) is 48.7. The average Bonchev–Trinajstić information content (AvgIpc) is 3.25. The molecule has 2 heterocycles. The molecule has 0 saturated heterocycles. The second-order valence-corrected chi connectivity index (χ2v) is 13.5. The van der Waals surface area contributed by atoms with Gasteiger partial charge in [0.15, 0.2) is 0 Å². The van der Waals surface area contributed by atoms with Crippen LogP contribution in [0, 0.1) is 0 Å². The lowest BCUT2D eigenvalue weighted by Crippen LogP contribution is -2.32. The summed E-state index contributed by atoms with van der Waals surface area (Å²) in [5, 5.41) is 0. The van der Waals surface area contributed by atoms with Crippen molar-refractivity contribution in [3.63, 3.8) is 0 Å². The lowest BCUT2D eigenvalue weighted by atomic mass is 9.71. The van der Waals surface area contributed by atoms with Gasteiger partial charge in [0, 0.05) is 28.8 Å². The highest BCUT2D eigenvalue weighted by Gasteiger charge is 2.40. The van der Waals surface area contributed by atoms with Gasteiger partial charge in [-0.05, 0) is 98.5 Å². The molecule has 0 spiro atoms. The van der Waals surface area contributed by atoms with Crippen LogP contribution < -0.4 is 4.90 Å². The van der Waals surface area contributed by atoms with E-state index in [1.54, 1.807) is 0 Å². The topological polar surface area (TPSA) is 16.1 Å². The van der Waals surface area contributed by atoms with Crippen LogP contribution >= 0.6 is 0 Å². The summed E-state index contributed by atoms with van der Waals surface area (Å²) in [5.41, 5.74) is 16.4. The van der Waals surface area contributed by atoms with Gasteiger partial charge in [-0.2, -0.15) is 0 Å². The Bertz CT molecular complexity index is 2270. The average molecular weight is 617 g/mol. The van der Waals surface area contributed by atoms with Crippen molar-refractivity contribution in [1.29, 1.82) is 0 Å². The Hall–Kier alpha value is -5.73. The number of hydrogen-bond acceptors (Lipinski definition) is 2. The minimum atomic E-state index is -0.300. The highest BCUT2D eigenvalue weighted by atomic mass is 15.2. The summed E-state index contributed by atoms with van der Waals surface area (Å²) >= 11 is 0. The second-order valence-electron chi connectivity index (χ2n) is 13.5. The van der Waals surface area contributed by atoms with E-state index in [0.29, 0.717) is 0 Å². The first-order valence-electron chi connectivity index (χ1n) is 16.9. The van der Waals surface area contributed by atoms with E-state index in [1.807, 2.05) is 6.20 Å². The number of allylic oxidation sites excluding steroid dienone is 6. The third kappa shape index (κ3) is 4.44. The molecular formula is C46H36N2. The molecule has 0 amide bonds. The van der Waals surface area contributed by atoms with Crippen molar-refractivity contribution in [2.75, 3.05) is 4.90 Å². The van der Waals surface area contributed by atoms with Gasteiger partial charge in [0.2, 0.25) is 0 Å². The second kappa shape index (κ2) is 11.2. The first kappa shape index (κ1) is 28.5. The minimum Gasteiger partial charge on any atom is -0.294 e. The molecule has 2 aliphatic carbocycles. The van der Waals surface area contributed by atoms with Gasteiger partial charge in [-0.3, -0.25) is 4.90 Å². The molecule has 0 bridgehead atoms. The smallest absolute Gasteiger partial charge is 0.142 e. The van der Waals surface area contributed by atoms with Crippen LogP contribution in [-0.4, -0.2) is 4.98 Å². The predicted molar refractivity (Wildman–Crippen MR) is 200 cm³/mol. The summed E-state index contributed by atoms with van der Waals surface area (Å²) in [7, 11) is 0. The van der Waals surface area contributed by atoms with Crippen LogP contribution in [0.4, 0.5) is 17.2 Å². The summed E-state index contributed by atoms with van der Waals surface area (Å²) < 4.78 is 0. The third-order valence-corrected chi connectivity index (χ3v) is 10.4. The van der Waals surface area contributed by atoms with Crippen molar-refractivity contribution < 1.29 is 0 Å². The fourth-order valence-electron chi connectivity index (χ4n) is 8.21. The highest BCUT2D eigenvalue weighted by Crippen LogP contribution is 2.55. The number of benzene rings is 5. The van der Waals surface area contributed by atoms with E-state index in [1.165, 1.54) is 66.9 Å². The van der Waals surface area contributed by atoms with Gasteiger partial charge in [-0.25, -0.2) is 4.98 Å². The lowest BCUT2D eigenvalue weighted by Gasteiger charge is -2.42. The summed E-state index contributed by atoms with van der Waals surface area (Å²) in [6.07, 6.45) is 11.9. The maximum absolute atomic E-state index is 5.07. The standard InChI is InChI=1S/C46H36N2/c1-46(2)41-30-34(33-23-25-39-40(29-33)37-21-13-6-14-22-38(37)43(39)32-17-9-4-10-18-32)24-26-42(41)48(35-19-11-5-12-20-35)45-44(46)36(27-28-47-45)31-15-7-3-8-16-31/h3-21,23-30,43H,22H2,1-2H3. The molecule has 0 N–H and O–H groups in total. The van der Waals surface area contributed by atoms with Crippen LogP contribution in [0.1, 0.15) is 54.0 Å². The van der Waals surface area contributed by atoms with Crippen LogP contribution in [0.5, 0.6) is 0 Å².